The number of aromatic amines is 2. The minimum atomic E-state index is -0.638. The molecule has 11 heteroatoms. The maximum atomic E-state index is 9.94. The highest BCUT2D eigenvalue weighted by Crippen LogP contribution is 2.33. The van der Waals surface area contributed by atoms with Gasteiger partial charge in [-0.05, 0) is 17.7 Å². The van der Waals surface area contributed by atoms with E-state index in [0.717, 1.165) is 28.2 Å². The van der Waals surface area contributed by atoms with Gasteiger partial charge in [0, 0.05) is 29.7 Å². The van der Waals surface area contributed by atoms with Gasteiger partial charge >= 0.3 is 0 Å². The minimum absolute atomic E-state index is 0.238. The number of pyridine rings is 2. The lowest BCUT2D eigenvalue weighted by molar-refractivity contribution is 0.00706. The second kappa shape index (κ2) is 8.93. The second-order valence-electron chi connectivity index (χ2n) is 9.00. The van der Waals surface area contributed by atoms with Crippen LogP contribution in [0.3, 0.4) is 0 Å². The number of aliphatic hydroxyl groups is 1. The van der Waals surface area contributed by atoms with E-state index in [-0.39, 0.29) is 24.9 Å². The monoisotopic (exact) mass is 516 g/mol. The van der Waals surface area contributed by atoms with Crippen LogP contribution in [0.25, 0.3) is 45.1 Å². The van der Waals surface area contributed by atoms with Crippen LogP contribution in [-0.2, 0) is 9.47 Å². The van der Waals surface area contributed by atoms with Crippen LogP contribution in [0.4, 0.5) is 0 Å². The van der Waals surface area contributed by atoms with Crippen LogP contribution in [0, 0.1) is 0 Å². The summed E-state index contributed by atoms with van der Waals surface area (Å²) in [6.07, 6.45) is 3.59. The first kappa shape index (κ1) is 22.4. The molecule has 2 aliphatic heterocycles. The summed E-state index contributed by atoms with van der Waals surface area (Å²) in [5.41, 5.74) is 5.42. The van der Waals surface area contributed by atoms with Crippen LogP contribution in [-0.4, -0.2) is 72.6 Å². The van der Waals surface area contributed by atoms with Gasteiger partial charge in [-0.2, -0.15) is 4.98 Å². The fourth-order valence-electron chi connectivity index (χ4n) is 4.77. The van der Waals surface area contributed by atoms with Gasteiger partial charge in [0.25, 0.3) is 6.01 Å². The summed E-state index contributed by atoms with van der Waals surface area (Å²) in [6.45, 7) is 0.553. The number of aromatic nitrogens is 6. The number of nitrogens with zero attached hydrogens (tertiary/aromatic N) is 4. The molecule has 5 aromatic rings. The quantitative estimate of drug-likeness (QED) is 0.323. The largest absolute Gasteiger partial charge is 0.456 e. The zero-order valence-corrected chi connectivity index (χ0v) is 20.1. The van der Waals surface area contributed by atoms with Crippen LogP contribution in [0.2, 0.25) is 5.02 Å². The Kier molecular flexibility index (Phi) is 5.40. The number of ether oxygens (including phenoxy) is 3. The molecule has 10 nitrogen and oxygen atoms in total. The molecule has 1 aromatic carbocycles. The molecule has 2 unspecified atom stereocenters. The highest BCUT2D eigenvalue weighted by Gasteiger charge is 2.48. The zero-order valence-electron chi connectivity index (χ0n) is 19.3. The number of imidazole rings is 2. The van der Waals surface area contributed by atoms with Crippen molar-refractivity contribution in [1.29, 1.82) is 0 Å². The fraction of sp³-hybridized carbons (Fsp3) is 0.231. The first-order valence-corrected chi connectivity index (χ1v) is 12.2. The third-order valence-corrected chi connectivity index (χ3v) is 6.93. The number of halogens is 1. The lowest BCUT2D eigenvalue weighted by atomic mass is 10.0. The third-order valence-electron chi connectivity index (χ3n) is 6.65. The van der Waals surface area contributed by atoms with Crippen molar-refractivity contribution < 1.29 is 19.3 Å². The van der Waals surface area contributed by atoms with Crippen molar-refractivity contribution in [1.82, 2.24) is 29.9 Å². The topological polar surface area (TPSA) is 131 Å². The lowest BCUT2D eigenvalue weighted by Crippen LogP contribution is -2.34. The summed E-state index contributed by atoms with van der Waals surface area (Å²) in [7, 11) is 0. The highest BCUT2D eigenvalue weighted by molar-refractivity contribution is 6.33. The van der Waals surface area contributed by atoms with Gasteiger partial charge < -0.3 is 29.3 Å². The van der Waals surface area contributed by atoms with Gasteiger partial charge in [0.15, 0.2) is 17.6 Å². The first-order chi connectivity index (χ1) is 18.1. The molecule has 2 fully saturated rings. The van der Waals surface area contributed by atoms with E-state index >= 15 is 0 Å². The number of rotatable bonds is 5. The van der Waals surface area contributed by atoms with E-state index < -0.39 is 6.10 Å². The highest BCUT2D eigenvalue weighted by atomic mass is 35.5. The average molecular weight is 517 g/mol. The Balaban J connectivity index is 1.11. The number of hydrogen-bond acceptors (Lipinski definition) is 8. The zero-order chi connectivity index (χ0) is 24.9. The Morgan fingerprint density at radius 1 is 0.946 bits per heavy atom. The predicted octanol–water partition coefficient (Wildman–Crippen LogP) is 3.64. The summed E-state index contributed by atoms with van der Waals surface area (Å²) in [5, 5.41) is 10.4. The molecule has 2 saturated heterocycles. The van der Waals surface area contributed by atoms with Gasteiger partial charge in [0.05, 0.1) is 29.4 Å². The maximum Gasteiger partial charge on any atom is 0.296 e. The summed E-state index contributed by atoms with van der Waals surface area (Å²) in [5.74, 6) is 0.733. The molecule has 0 radical (unpaired) electrons. The molecule has 3 N–H and O–H groups in total. The SMILES string of the molecule is O[C@@H]1COC2C1OC[C@H]2Oc1nc2nc(-c3ccc(-c4ccc(-c5ncc[nH]5)nc4)cc3)c(Cl)cc2[nH]1. The van der Waals surface area contributed by atoms with E-state index in [2.05, 4.69) is 29.9 Å². The lowest BCUT2D eigenvalue weighted by Gasteiger charge is -2.15. The van der Waals surface area contributed by atoms with Crippen molar-refractivity contribution >= 4 is 22.8 Å². The molecule has 0 bridgehead atoms. The Morgan fingerprint density at radius 2 is 1.76 bits per heavy atom. The molecule has 4 aromatic heterocycles. The number of aliphatic hydroxyl groups excluding tert-OH is 1. The van der Waals surface area contributed by atoms with Crippen LogP contribution < -0.4 is 4.74 Å². The van der Waals surface area contributed by atoms with E-state index in [4.69, 9.17) is 25.8 Å². The molecule has 7 rings (SSSR count). The molecule has 0 spiro atoms. The summed E-state index contributed by atoms with van der Waals surface area (Å²) in [4.78, 5) is 24.1. The number of H-pyrrole nitrogens is 2. The Hall–Kier alpha value is -3.83. The van der Waals surface area contributed by atoms with E-state index in [1.807, 2.05) is 42.6 Å². The molecule has 0 amide bonds. The van der Waals surface area contributed by atoms with Crippen molar-refractivity contribution in [2.75, 3.05) is 13.2 Å². The number of hydrogen-bond donors (Lipinski definition) is 3. The predicted molar refractivity (Wildman–Crippen MR) is 135 cm³/mol. The smallest absolute Gasteiger partial charge is 0.296 e. The number of benzene rings is 1. The average Bonchev–Trinajstić information content (AvgIpc) is 3.71. The third kappa shape index (κ3) is 4.04. The normalized spacial score (nSPS) is 23.0. The number of fused-ring (bicyclic) bond motifs is 2. The van der Waals surface area contributed by atoms with E-state index in [1.165, 1.54) is 0 Å². The Morgan fingerprint density at radius 3 is 2.54 bits per heavy atom. The van der Waals surface area contributed by atoms with Gasteiger partial charge in [0.2, 0.25) is 0 Å². The molecule has 4 atom stereocenters. The molecular weight excluding hydrogens is 496 g/mol. The second-order valence-corrected chi connectivity index (χ2v) is 9.41. The molecular formula is C26H21ClN6O4. The van der Waals surface area contributed by atoms with Crippen molar-refractivity contribution in [2.24, 2.45) is 0 Å². The van der Waals surface area contributed by atoms with Crippen molar-refractivity contribution in [2.45, 2.75) is 24.4 Å². The van der Waals surface area contributed by atoms with E-state index in [9.17, 15) is 5.11 Å². The van der Waals surface area contributed by atoms with Crippen molar-refractivity contribution in [3.8, 4) is 39.9 Å². The molecule has 2 aliphatic rings. The summed E-state index contributed by atoms with van der Waals surface area (Å²) in [6, 6.07) is 14.0. The molecule has 0 saturated carbocycles. The maximum absolute atomic E-state index is 9.94. The Labute approximate surface area is 215 Å². The van der Waals surface area contributed by atoms with Gasteiger partial charge in [-0.15, -0.1) is 0 Å². The molecule has 0 aliphatic carbocycles. The molecule has 186 valence electrons. The first-order valence-electron chi connectivity index (χ1n) is 11.8. The Bertz CT molecular complexity index is 1560. The van der Waals surface area contributed by atoms with Crippen LogP contribution >= 0.6 is 11.6 Å². The van der Waals surface area contributed by atoms with Crippen LogP contribution in [0.15, 0.2) is 61.1 Å². The van der Waals surface area contributed by atoms with Crippen molar-refractivity contribution in [3.63, 3.8) is 0 Å². The number of nitrogens with one attached hydrogen (secondary N) is 2. The van der Waals surface area contributed by atoms with Crippen LogP contribution in [0.1, 0.15) is 0 Å². The standard InChI is InChI=1S/C26H21ClN6O4/c27-16-9-18-25(33-26(31-18)37-20-12-36-22-19(34)11-35-23(20)22)32-21(16)14-3-1-13(2-4-14)15-5-6-17(30-10-15)24-28-7-8-29-24/h1-10,19-20,22-23,34H,11-12H2,(H,28,29)(H,31,32,33)/t19-,20-,22?,23?/m1/s1. The van der Waals surface area contributed by atoms with Gasteiger partial charge in [-0.1, -0.05) is 41.9 Å². The minimum Gasteiger partial charge on any atom is -0.456 e. The van der Waals surface area contributed by atoms with Crippen LogP contribution in [0.5, 0.6) is 6.01 Å². The summed E-state index contributed by atoms with van der Waals surface area (Å²) < 4.78 is 17.2. The van der Waals surface area contributed by atoms with Gasteiger partial charge in [0.1, 0.15) is 24.0 Å². The molecule has 37 heavy (non-hydrogen) atoms. The van der Waals surface area contributed by atoms with E-state index in [1.54, 1.807) is 18.5 Å². The van der Waals surface area contributed by atoms with Gasteiger partial charge in [-0.25, -0.2) is 9.97 Å². The van der Waals surface area contributed by atoms with Crippen molar-refractivity contribution in [3.05, 3.63) is 66.1 Å². The molecule has 6 heterocycles. The van der Waals surface area contributed by atoms with E-state index in [0.29, 0.717) is 34.5 Å². The van der Waals surface area contributed by atoms with Gasteiger partial charge in [-0.3, -0.25) is 4.98 Å². The summed E-state index contributed by atoms with van der Waals surface area (Å²) >= 11 is 6.59. The fourth-order valence-corrected chi connectivity index (χ4v) is 5.03.